The van der Waals surface area contributed by atoms with Gasteiger partial charge in [-0.1, -0.05) is 29.3 Å². The molecule has 3 nitrogen and oxygen atoms in total. The van der Waals surface area contributed by atoms with Crippen LogP contribution in [-0.2, 0) is 0 Å². The first-order chi connectivity index (χ1) is 9.99. The molecule has 0 fully saturated rings. The molecular formula is C16H14Cl2O3. The van der Waals surface area contributed by atoms with Crippen LogP contribution in [-0.4, -0.2) is 20.0 Å². The molecular weight excluding hydrogens is 311 g/mol. The second-order valence-electron chi connectivity index (χ2n) is 4.45. The fourth-order valence-electron chi connectivity index (χ4n) is 2.06. The van der Waals surface area contributed by atoms with E-state index in [2.05, 4.69) is 0 Å². The van der Waals surface area contributed by atoms with Gasteiger partial charge in [-0.25, -0.2) is 0 Å². The summed E-state index contributed by atoms with van der Waals surface area (Å²) in [5, 5.41) is 0.771. The number of carbonyl (C=O) groups excluding carboxylic acids is 1. The van der Waals surface area contributed by atoms with Gasteiger partial charge in [0.15, 0.2) is 11.5 Å². The highest BCUT2D eigenvalue weighted by atomic mass is 35.5. The molecule has 0 unspecified atom stereocenters. The van der Waals surface area contributed by atoms with Gasteiger partial charge in [-0.15, -0.1) is 0 Å². The molecule has 0 aliphatic carbocycles. The van der Waals surface area contributed by atoms with E-state index in [0.717, 1.165) is 5.56 Å². The van der Waals surface area contributed by atoms with Gasteiger partial charge in [0.25, 0.3) is 0 Å². The maximum Gasteiger partial charge on any atom is 0.197 e. The van der Waals surface area contributed by atoms with E-state index in [9.17, 15) is 4.79 Å². The van der Waals surface area contributed by atoms with Crippen LogP contribution >= 0.6 is 23.2 Å². The second kappa shape index (κ2) is 6.37. The van der Waals surface area contributed by atoms with E-state index in [1.165, 1.54) is 14.2 Å². The molecule has 2 aromatic carbocycles. The Morgan fingerprint density at radius 3 is 2.33 bits per heavy atom. The lowest BCUT2D eigenvalue weighted by Crippen LogP contribution is -2.07. The van der Waals surface area contributed by atoms with Crippen molar-refractivity contribution in [3.63, 3.8) is 0 Å². The van der Waals surface area contributed by atoms with E-state index in [0.29, 0.717) is 27.6 Å². The van der Waals surface area contributed by atoms with Crippen LogP contribution in [0, 0.1) is 6.92 Å². The molecule has 0 saturated carbocycles. The Bertz CT molecular complexity index is 696. The molecule has 0 aliphatic heterocycles. The van der Waals surface area contributed by atoms with Crippen LogP contribution in [0.5, 0.6) is 11.5 Å². The summed E-state index contributed by atoms with van der Waals surface area (Å²) in [5.41, 5.74) is 1.72. The lowest BCUT2D eigenvalue weighted by Gasteiger charge is -2.13. The first kappa shape index (κ1) is 15.7. The highest BCUT2D eigenvalue weighted by Crippen LogP contribution is 2.38. The van der Waals surface area contributed by atoms with E-state index in [-0.39, 0.29) is 10.8 Å². The summed E-state index contributed by atoms with van der Waals surface area (Å²) >= 11 is 12.2. The fraction of sp³-hybridized carbons (Fsp3) is 0.188. The molecule has 0 amide bonds. The Morgan fingerprint density at radius 1 is 1.00 bits per heavy atom. The maximum atomic E-state index is 12.7. The number of methoxy groups -OCH3 is 2. The van der Waals surface area contributed by atoms with Crippen molar-refractivity contribution in [3.8, 4) is 11.5 Å². The Balaban J connectivity index is 2.58. The minimum atomic E-state index is -0.198. The molecule has 0 saturated heterocycles. The van der Waals surface area contributed by atoms with E-state index in [1.54, 1.807) is 30.3 Å². The van der Waals surface area contributed by atoms with Gasteiger partial charge in [0, 0.05) is 10.6 Å². The zero-order valence-electron chi connectivity index (χ0n) is 11.9. The van der Waals surface area contributed by atoms with E-state index >= 15 is 0 Å². The number of hydrogen-bond donors (Lipinski definition) is 0. The molecule has 0 atom stereocenters. The van der Waals surface area contributed by atoms with E-state index < -0.39 is 0 Å². The third kappa shape index (κ3) is 2.99. The first-order valence-corrected chi connectivity index (χ1v) is 6.96. The second-order valence-corrected chi connectivity index (χ2v) is 5.27. The van der Waals surface area contributed by atoms with Gasteiger partial charge in [0.2, 0.25) is 0 Å². The molecule has 2 rings (SSSR count). The number of benzene rings is 2. The molecule has 0 bridgehead atoms. The molecule has 0 aromatic heterocycles. The van der Waals surface area contributed by atoms with Crippen LogP contribution in [0.25, 0.3) is 0 Å². The molecule has 0 radical (unpaired) electrons. The Hall–Kier alpha value is -1.71. The van der Waals surface area contributed by atoms with E-state index in [4.69, 9.17) is 32.7 Å². The van der Waals surface area contributed by atoms with Crippen LogP contribution in [0.15, 0.2) is 30.3 Å². The van der Waals surface area contributed by atoms with Crippen molar-refractivity contribution in [2.75, 3.05) is 14.2 Å². The van der Waals surface area contributed by atoms with Gasteiger partial charge in [-0.3, -0.25) is 4.79 Å². The van der Waals surface area contributed by atoms with Crippen molar-refractivity contribution in [1.29, 1.82) is 0 Å². The van der Waals surface area contributed by atoms with Gasteiger partial charge in [0.05, 0.1) is 19.8 Å². The summed E-state index contributed by atoms with van der Waals surface area (Å²) < 4.78 is 10.4. The van der Waals surface area contributed by atoms with E-state index in [1.807, 2.05) is 6.92 Å². The number of ketones is 1. The average molecular weight is 325 g/mol. The maximum absolute atomic E-state index is 12.7. The zero-order chi connectivity index (χ0) is 15.6. The van der Waals surface area contributed by atoms with Gasteiger partial charge in [-0.05, 0) is 36.8 Å². The number of rotatable bonds is 4. The predicted molar refractivity (Wildman–Crippen MR) is 84.2 cm³/mol. The summed E-state index contributed by atoms with van der Waals surface area (Å²) in [6.45, 7) is 1.85. The predicted octanol–water partition coefficient (Wildman–Crippen LogP) is 4.55. The molecule has 0 N–H and O–H groups in total. The lowest BCUT2D eigenvalue weighted by atomic mass is 9.98. The third-order valence-corrected chi connectivity index (χ3v) is 3.77. The Labute approximate surface area is 133 Å². The molecule has 2 aromatic rings. The van der Waals surface area contributed by atoms with Gasteiger partial charge in [-0.2, -0.15) is 0 Å². The van der Waals surface area contributed by atoms with Gasteiger partial charge < -0.3 is 9.47 Å². The van der Waals surface area contributed by atoms with Crippen molar-refractivity contribution in [2.24, 2.45) is 0 Å². The molecule has 0 heterocycles. The first-order valence-electron chi connectivity index (χ1n) is 6.21. The van der Waals surface area contributed by atoms with Crippen LogP contribution in [0.1, 0.15) is 21.5 Å². The van der Waals surface area contributed by atoms with Crippen molar-refractivity contribution in [1.82, 2.24) is 0 Å². The highest BCUT2D eigenvalue weighted by Gasteiger charge is 2.21. The number of hydrogen-bond acceptors (Lipinski definition) is 3. The monoisotopic (exact) mass is 324 g/mol. The quantitative estimate of drug-likeness (QED) is 0.774. The summed E-state index contributed by atoms with van der Waals surface area (Å²) in [5.74, 6) is 0.546. The molecule has 110 valence electrons. The summed E-state index contributed by atoms with van der Waals surface area (Å²) in [7, 11) is 2.96. The minimum absolute atomic E-state index is 0.198. The Kier molecular flexibility index (Phi) is 4.76. The number of halogens is 2. The van der Waals surface area contributed by atoms with Gasteiger partial charge in [0.1, 0.15) is 10.8 Å². The SMILES string of the molecule is COc1ccc(C(=O)c2cc(Cl)ccc2C)c(OC)c1Cl. The number of ether oxygens (including phenoxy) is 2. The molecule has 0 aliphatic rings. The van der Waals surface area contributed by atoms with Crippen LogP contribution < -0.4 is 9.47 Å². The van der Waals surface area contributed by atoms with Crippen molar-refractivity contribution < 1.29 is 14.3 Å². The zero-order valence-corrected chi connectivity index (χ0v) is 13.4. The largest absolute Gasteiger partial charge is 0.495 e. The van der Waals surface area contributed by atoms with Crippen molar-refractivity contribution in [2.45, 2.75) is 6.92 Å². The minimum Gasteiger partial charge on any atom is -0.495 e. The van der Waals surface area contributed by atoms with Crippen LogP contribution in [0.4, 0.5) is 0 Å². The fourth-order valence-corrected chi connectivity index (χ4v) is 2.55. The van der Waals surface area contributed by atoms with Crippen molar-refractivity contribution >= 4 is 29.0 Å². The average Bonchev–Trinajstić information content (AvgIpc) is 2.48. The summed E-state index contributed by atoms with van der Waals surface area (Å²) in [4.78, 5) is 12.7. The summed E-state index contributed by atoms with van der Waals surface area (Å²) in [6, 6.07) is 8.44. The molecule has 0 spiro atoms. The standard InChI is InChI=1S/C16H14Cl2O3/c1-9-4-5-10(17)8-12(9)15(19)11-6-7-13(20-2)14(18)16(11)21-3/h4-8H,1-3H3. The Morgan fingerprint density at radius 2 is 1.71 bits per heavy atom. The summed E-state index contributed by atoms with van der Waals surface area (Å²) in [6.07, 6.45) is 0. The molecule has 5 heteroatoms. The number of aryl methyl sites for hydroxylation is 1. The van der Waals surface area contributed by atoms with Gasteiger partial charge >= 0.3 is 0 Å². The molecule has 21 heavy (non-hydrogen) atoms. The third-order valence-electron chi connectivity index (χ3n) is 3.17. The topological polar surface area (TPSA) is 35.5 Å². The highest BCUT2D eigenvalue weighted by molar-refractivity contribution is 6.34. The van der Waals surface area contributed by atoms with Crippen LogP contribution in [0.3, 0.4) is 0 Å². The normalized spacial score (nSPS) is 10.3. The smallest absolute Gasteiger partial charge is 0.197 e. The van der Waals surface area contributed by atoms with Crippen LogP contribution in [0.2, 0.25) is 10.0 Å². The number of carbonyl (C=O) groups is 1. The lowest BCUT2D eigenvalue weighted by molar-refractivity contribution is 0.103. The van der Waals surface area contributed by atoms with Crippen molar-refractivity contribution in [3.05, 3.63) is 57.1 Å².